The number of H-pyrrole nitrogens is 1. The Morgan fingerprint density at radius 2 is 1.78 bits per heavy atom. The monoisotopic (exact) mass is 432 g/mol. The molecule has 1 unspecified atom stereocenters. The number of benzene rings is 2. The molecule has 3 aromatic rings. The number of amides is 2. The summed E-state index contributed by atoms with van der Waals surface area (Å²) in [5.41, 5.74) is 2.39. The van der Waals surface area contributed by atoms with Crippen molar-refractivity contribution in [1.82, 2.24) is 19.8 Å². The van der Waals surface area contributed by atoms with Gasteiger partial charge in [0.2, 0.25) is 5.91 Å². The standard InChI is InChI=1S/C25H28N4O3/c1-32-19-12-10-18(11-13-19)25(31)29-15-14-28(24(30)17-6-2-3-7-17)16-22(29)23-26-20-8-4-5-9-21(20)27-23/h4-5,8-13,17,22H,2-3,6-7,14-16H2,1H3,(H,26,27). The van der Waals surface area contributed by atoms with Gasteiger partial charge in [0.25, 0.3) is 5.91 Å². The number of carbonyl (C=O) groups excluding carboxylic acids is 2. The number of piperazine rings is 1. The molecule has 166 valence electrons. The lowest BCUT2D eigenvalue weighted by atomic mass is 10.0. The van der Waals surface area contributed by atoms with Gasteiger partial charge in [0.15, 0.2) is 0 Å². The number of nitrogens with zero attached hydrogens (tertiary/aromatic N) is 3. The van der Waals surface area contributed by atoms with Crippen LogP contribution in [0.4, 0.5) is 0 Å². The lowest BCUT2D eigenvalue weighted by Crippen LogP contribution is -2.53. The molecular formula is C25H28N4O3. The Kier molecular flexibility index (Phi) is 5.55. The minimum atomic E-state index is -0.323. The highest BCUT2D eigenvalue weighted by molar-refractivity contribution is 5.95. The number of imidazole rings is 1. The van der Waals surface area contributed by atoms with Gasteiger partial charge in [-0.1, -0.05) is 25.0 Å². The summed E-state index contributed by atoms with van der Waals surface area (Å²) in [7, 11) is 1.61. The number of aromatic nitrogens is 2. The minimum absolute atomic E-state index is 0.0638. The maximum absolute atomic E-state index is 13.5. The van der Waals surface area contributed by atoms with Gasteiger partial charge < -0.3 is 19.5 Å². The average molecular weight is 433 g/mol. The van der Waals surface area contributed by atoms with Gasteiger partial charge in [-0.25, -0.2) is 4.98 Å². The molecule has 1 N–H and O–H groups in total. The number of ether oxygens (including phenoxy) is 1. The van der Waals surface area contributed by atoms with E-state index in [4.69, 9.17) is 9.72 Å². The van der Waals surface area contributed by atoms with E-state index in [0.717, 1.165) is 42.5 Å². The van der Waals surface area contributed by atoms with E-state index in [1.807, 2.05) is 34.1 Å². The van der Waals surface area contributed by atoms with E-state index in [-0.39, 0.29) is 23.8 Å². The Morgan fingerprint density at radius 3 is 2.50 bits per heavy atom. The number of aromatic amines is 1. The third-order valence-electron chi connectivity index (χ3n) is 6.72. The number of carbonyl (C=O) groups is 2. The molecule has 7 nitrogen and oxygen atoms in total. The lowest BCUT2D eigenvalue weighted by Gasteiger charge is -2.41. The van der Waals surface area contributed by atoms with Crippen LogP contribution in [0.1, 0.15) is 47.9 Å². The zero-order valence-corrected chi connectivity index (χ0v) is 18.3. The molecule has 32 heavy (non-hydrogen) atoms. The molecule has 1 aliphatic heterocycles. The van der Waals surface area contributed by atoms with E-state index in [2.05, 4.69) is 4.98 Å². The molecule has 1 saturated heterocycles. The molecule has 5 rings (SSSR count). The summed E-state index contributed by atoms with van der Waals surface area (Å²) in [5, 5.41) is 0. The Hall–Kier alpha value is -3.35. The van der Waals surface area contributed by atoms with Crippen molar-refractivity contribution in [2.24, 2.45) is 5.92 Å². The molecule has 0 radical (unpaired) electrons. The van der Waals surface area contributed by atoms with Crippen LogP contribution in [0.25, 0.3) is 11.0 Å². The number of nitrogens with one attached hydrogen (secondary N) is 1. The molecule has 1 aromatic heterocycles. The second kappa shape index (κ2) is 8.65. The Bertz CT molecular complexity index is 1080. The molecule has 1 aliphatic carbocycles. The van der Waals surface area contributed by atoms with Crippen molar-refractivity contribution < 1.29 is 14.3 Å². The number of fused-ring (bicyclic) bond motifs is 1. The Labute approximate surface area is 187 Å². The van der Waals surface area contributed by atoms with Gasteiger partial charge in [-0.2, -0.15) is 0 Å². The molecule has 1 saturated carbocycles. The summed E-state index contributed by atoms with van der Waals surface area (Å²) < 4.78 is 5.22. The van der Waals surface area contributed by atoms with Crippen LogP contribution >= 0.6 is 0 Å². The van der Waals surface area contributed by atoms with E-state index in [9.17, 15) is 9.59 Å². The fraction of sp³-hybridized carbons (Fsp3) is 0.400. The second-order valence-corrected chi connectivity index (χ2v) is 8.65. The zero-order chi connectivity index (χ0) is 22.1. The third-order valence-corrected chi connectivity index (χ3v) is 6.72. The van der Waals surface area contributed by atoms with Gasteiger partial charge >= 0.3 is 0 Å². The van der Waals surface area contributed by atoms with Crippen molar-refractivity contribution in [1.29, 1.82) is 0 Å². The van der Waals surface area contributed by atoms with Gasteiger partial charge in [0.05, 0.1) is 18.1 Å². The van der Waals surface area contributed by atoms with Crippen LogP contribution in [-0.2, 0) is 4.79 Å². The second-order valence-electron chi connectivity index (χ2n) is 8.65. The van der Waals surface area contributed by atoms with Crippen molar-refractivity contribution in [3.63, 3.8) is 0 Å². The third kappa shape index (κ3) is 3.83. The van der Waals surface area contributed by atoms with E-state index in [1.54, 1.807) is 31.4 Å². The molecule has 2 heterocycles. The summed E-state index contributed by atoms with van der Waals surface area (Å²) in [6, 6.07) is 14.7. The molecule has 2 amide bonds. The van der Waals surface area contributed by atoms with Crippen molar-refractivity contribution >= 4 is 22.8 Å². The summed E-state index contributed by atoms with van der Waals surface area (Å²) in [5.74, 6) is 1.71. The predicted octanol–water partition coefficient (Wildman–Crippen LogP) is 3.79. The van der Waals surface area contributed by atoms with Crippen LogP contribution in [0.15, 0.2) is 48.5 Å². The van der Waals surface area contributed by atoms with Crippen LogP contribution in [0.3, 0.4) is 0 Å². The van der Waals surface area contributed by atoms with Gasteiger partial charge in [-0.3, -0.25) is 9.59 Å². The molecule has 2 fully saturated rings. The van der Waals surface area contributed by atoms with E-state index >= 15 is 0 Å². The topological polar surface area (TPSA) is 78.5 Å². The van der Waals surface area contributed by atoms with Crippen LogP contribution in [0.2, 0.25) is 0 Å². The highest BCUT2D eigenvalue weighted by Gasteiger charge is 2.38. The minimum Gasteiger partial charge on any atom is -0.497 e. The van der Waals surface area contributed by atoms with Gasteiger partial charge in [0, 0.05) is 31.1 Å². The largest absolute Gasteiger partial charge is 0.497 e. The van der Waals surface area contributed by atoms with Crippen LogP contribution in [0.5, 0.6) is 5.75 Å². The summed E-state index contributed by atoms with van der Waals surface area (Å²) in [4.78, 5) is 38.6. The number of hydrogen-bond donors (Lipinski definition) is 1. The normalized spacial score (nSPS) is 19.5. The molecule has 1 atom stereocenters. The average Bonchev–Trinajstić information content (AvgIpc) is 3.53. The molecule has 7 heteroatoms. The first-order chi connectivity index (χ1) is 15.6. The van der Waals surface area contributed by atoms with Crippen molar-refractivity contribution in [3.05, 3.63) is 59.9 Å². The highest BCUT2D eigenvalue weighted by atomic mass is 16.5. The number of para-hydroxylation sites is 2. The van der Waals surface area contributed by atoms with Crippen molar-refractivity contribution in [3.8, 4) is 5.75 Å². The Morgan fingerprint density at radius 1 is 1.03 bits per heavy atom. The van der Waals surface area contributed by atoms with Gasteiger partial charge in [-0.05, 0) is 49.2 Å². The van der Waals surface area contributed by atoms with Gasteiger partial charge in [0.1, 0.15) is 17.6 Å². The van der Waals surface area contributed by atoms with Crippen LogP contribution in [-0.4, -0.2) is 58.3 Å². The molecule has 0 spiro atoms. The number of hydrogen-bond acceptors (Lipinski definition) is 4. The summed E-state index contributed by atoms with van der Waals surface area (Å²) in [6.45, 7) is 1.48. The lowest BCUT2D eigenvalue weighted by molar-refractivity contribution is -0.138. The highest BCUT2D eigenvalue weighted by Crippen LogP contribution is 2.31. The summed E-state index contributed by atoms with van der Waals surface area (Å²) >= 11 is 0. The SMILES string of the molecule is COc1ccc(C(=O)N2CCN(C(=O)C3CCCC3)CC2c2nc3ccccc3[nH]2)cc1. The van der Waals surface area contributed by atoms with Crippen LogP contribution < -0.4 is 4.74 Å². The fourth-order valence-corrected chi connectivity index (χ4v) is 4.92. The first-order valence-corrected chi connectivity index (χ1v) is 11.3. The zero-order valence-electron chi connectivity index (χ0n) is 18.3. The summed E-state index contributed by atoms with van der Waals surface area (Å²) in [6.07, 6.45) is 4.19. The van der Waals surface area contributed by atoms with Gasteiger partial charge in [-0.15, -0.1) is 0 Å². The number of methoxy groups -OCH3 is 1. The van der Waals surface area contributed by atoms with E-state index in [1.165, 1.54) is 0 Å². The number of rotatable bonds is 4. The quantitative estimate of drug-likeness (QED) is 0.680. The maximum Gasteiger partial charge on any atom is 0.254 e. The van der Waals surface area contributed by atoms with Crippen LogP contribution in [0, 0.1) is 5.92 Å². The van der Waals surface area contributed by atoms with Crippen molar-refractivity contribution in [2.75, 3.05) is 26.7 Å². The molecule has 2 aromatic carbocycles. The predicted molar refractivity (Wildman–Crippen MR) is 121 cm³/mol. The molecular weight excluding hydrogens is 404 g/mol. The molecule has 0 bridgehead atoms. The van der Waals surface area contributed by atoms with E-state index < -0.39 is 0 Å². The first-order valence-electron chi connectivity index (χ1n) is 11.3. The Balaban J connectivity index is 1.45. The van der Waals surface area contributed by atoms with Crippen molar-refractivity contribution in [2.45, 2.75) is 31.7 Å². The van der Waals surface area contributed by atoms with E-state index in [0.29, 0.717) is 30.9 Å². The first kappa shape index (κ1) is 20.5. The smallest absolute Gasteiger partial charge is 0.254 e. The fourth-order valence-electron chi connectivity index (χ4n) is 4.92. The molecule has 2 aliphatic rings. The maximum atomic E-state index is 13.5.